The van der Waals surface area contributed by atoms with Crippen LogP contribution in [0, 0.1) is 0 Å². The van der Waals surface area contributed by atoms with Gasteiger partial charge in [-0.2, -0.15) is 24.5 Å². The predicted octanol–water partition coefficient (Wildman–Crippen LogP) is 5.94. The molecule has 174 valence electrons. The summed E-state index contributed by atoms with van der Waals surface area (Å²) < 4.78 is 40.7. The molecule has 0 aliphatic heterocycles. The van der Waals surface area contributed by atoms with Crippen molar-refractivity contribution in [3.63, 3.8) is 0 Å². The first kappa shape index (κ1) is 24.5. The molecule has 1 aromatic heterocycles. The minimum absolute atomic E-state index is 0.0579. The summed E-state index contributed by atoms with van der Waals surface area (Å²) >= 11 is 1.34. The third-order valence-electron chi connectivity index (χ3n) is 4.87. The molecule has 2 N–H and O–H groups in total. The average Bonchev–Trinajstić information content (AvgIpc) is 3.31. The summed E-state index contributed by atoms with van der Waals surface area (Å²) in [6, 6.07) is 13.3. The fraction of sp³-hybridized carbons (Fsp3) is 0.250. The number of carboxylic acid groups (broad SMARTS) is 1. The molecule has 2 aromatic carbocycles. The smallest absolute Gasteiger partial charge is 0.417 e. The molecule has 0 saturated heterocycles. The van der Waals surface area contributed by atoms with E-state index in [1.54, 1.807) is 29.8 Å². The Morgan fingerprint density at radius 1 is 1.12 bits per heavy atom. The zero-order valence-electron chi connectivity index (χ0n) is 17.9. The summed E-state index contributed by atoms with van der Waals surface area (Å²) in [5.74, 6) is -0.849. The summed E-state index contributed by atoms with van der Waals surface area (Å²) in [7, 11) is 0. The van der Waals surface area contributed by atoms with Gasteiger partial charge in [-0.1, -0.05) is 41.6 Å². The molecule has 5 nitrogen and oxygen atoms in total. The van der Waals surface area contributed by atoms with E-state index in [-0.39, 0.29) is 18.6 Å². The Bertz CT molecular complexity index is 1100. The zero-order valence-corrected chi connectivity index (χ0v) is 18.7. The Morgan fingerprint density at radius 2 is 1.85 bits per heavy atom. The van der Waals surface area contributed by atoms with Gasteiger partial charge in [0.2, 0.25) is 0 Å². The van der Waals surface area contributed by atoms with Crippen molar-refractivity contribution in [2.75, 3.05) is 6.54 Å². The number of thiophene rings is 1. The number of carbonyl (C=O) groups is 1. The predicted molar refractivity (Wildman–Crippen MR) is 122 cm³/mol. The molecule has 0 bridgehead atoms. The number of aliphatic carboxylic acids is 1. The summed E-state index contributed by atoms with van der Waals surface area (Å²) in [4.78, 5) is 15.8. The number of carboxylic acids is 1. The second-order valence-electron chi connectivity index (χ2n) is 7.36. The molecule has 0 amide bonds. The molecule has 0 unspecified atom stereocenters. The molecule has 0 radical (unpaired) electrons. The van der Waals surface area contributed by atoms with Gasteiger partial charge >= 0.3 is 12.1 Å². The molecule has 3 aromatic rings. The highest BCUT2D eigenvalue weighted by molar-refractivity contribution is 7.08. The van der Waals surface area contributed by atoms with E-state index in [4.69, 9.17) is 9.94 Å². The maximum atomic E-state index is 13.6. The van der Waals surface area contributed by atoms with Crippen molar-refractivity contribution in [3.8, 4) is 11.1 Å². The summed E-state index contributed by atoms with van der Waals surface area (Å²) in [5.41, 5.74) is 2.75. The molecule has 33 heavy (non-hydrogen) atoms. The van der Waals surface area contributed by atoms with E-state index in [9.17, 15) is 18.0 Å². The number of rotatable bonds is 10. The minimum Gasteiger partial charge on any atom is -0.481 e. The maximum Gasteiger partial charge on any atom is 0.417 e. The SMILES string of the molecule is C/C(=N\OCc1ccc(-c2ccsc2)c(C(F)(F)F)c1)c1ccc(CNCCC(=O)O)cc1. The van der Waals surface area contributed by atoms with Gasteiger partial charge in [-0.25, -0.2) is 0 Å². The molecule has 1 heterocycles. The summed E-state index contributed by atoms with van der Waals surface area (Å²) in [6.07, 6.45) is -4.42. The van der Waals surface area contributed by atoms with E-state index < -0.39 is 17.7 Å². The lowest BCUT2D eigenvalue weighted by molar-refractivity contribution is -0.138. The average molecular weight is 477 g/mol. The van der Waals surface area contributed by atoms with Crippen molar-refractivity contribution in [2.45, 2.75) is 32.7 Å². The van der Waals surface area contributed by atoms with Gasteiger partial charge in [0.15, 0.2) is 0 Å². The minimum atomic E-state index is -4.48. The van der Waals surface area contributed by atoms with Crippen LogP contribution < -0.4 is 5.32 Å². The van der Waals surface area contributed by atoms with Gasteiger partial charge in [0.1, 0.15) is 6.61 Å². The van der Waals surface area contributed by atoms with E-state index in [0.717, 1.165) is 17.2 Å². The molecule has 0 aliphatic carbocycles. The Labute approximate surface area is 193 Å². The van der Waals surface area contributed by atoms with Crippen molar-refractivity contribution in [2.24, 2.45) is 5.16 Å². The van der Waals surface area contributed by atoms with E-state index in [1.807, 2.05) is 24.3 Å². The van der Waals surface area contributed by atoms with Gasteiger partial charge in [0, 0.05) is 13.1 Å². The van der Waals surface area contributed by atoms with Crippen molar-refractivity contribution in [1.82, 2.24) is 5.32 Å². The molecule has 0 aliphatic rings. The molecule has 9 heteroatoms. The lowest BCUT2D eigenvalue weighted by atomic mass is 9.99. The van der Waals surface area contributed by atoms with E-state index in [1.165, 1.54) is 17.4 Å². The molecule has 0 fully saturated rings. The van der Waals surface area contributed by atoms with Crippen LogP contribution in [0.1, 0.15) is 35.6 Å². The van der Waals surface area contributed by atoms with Gasteiger partial charge in [-0.15, -0.1) is 0 Å². The first-order chi connectivity index (χ1) is 15.7. The number of oxime groups is 1. The van der Waals surface area contributed by atoms with Crippen LogP contribution in [0.3, 0.4) is 0 Å². The summed E-state index contributed by atoms with van der Waals surface area (Å²) in [5, 5.41) is 19.1. The Morgan fingerprint density at radius 3 is 2.48 bits per heavy atom. The van der Waals surface area contributed by atoms with E-state index in [0.29, 0.717) is 29.9 Å². The Kier molecular flexibility index (Phi) is 8.24. The fourth-order valence-electron chi connectivity index (χ4n) is 3.13. The fourth-order valence-corrected chi connectivity index (χ4v) is 3.79. The molecule has 3 rings (SSSR count). The van der Waals surface area contributed by atoms with Crippen LogP contribution in [0.5, 0.6) is 0 Å². The summed E-state index contributed by atoms with van der Waals surface area (Å²) in [6.45, 7) is 2.59. The van der Waals surface area contributed by atoms with Crippen molar-refractivity contribution >= 4 is 23.0 Å². The topological polar surface area (TPSA) is 70.9 Å². The van der Waals surface area contributed by atoms with E-state index in [2.05, 4.69) is 10.5 Å². The largest absolute Gasteiger partial charge is 0.481 e. The molecular weight excluding hydrogens is 453 g/mol. The van der Waals surface area contributed by atoms with Gasteiger partial charge < -0.3 is 15.3 Å². The van der Waals surface area contributed by atoms with Crippen LogP contribution in [0.2, 0.25) is 0 Å². The van der Waals surface area contributed by atoms with Crippen LogP contribution in [-0.4, -0.2) is 23.3 Å². The highest BCUT2D eigenvalue weighted by Crippen LogP contribution is 2.38. The number of benzene rings is 2. The zero-order chi connectivity index (χ0) is 23.8. The van der Waals surface area contributed by atoms with Crippen LogP contribution in [0.4, 0.5) is 13.2 Å². The number of alkyl halides is 3. The Hall–Kier alpha value is -3.17. The highest BCUT2D eigenvalue weighted by atomic mass is 32.1. The molecular formula is C24H23F3N2O3S. The highest BCUT2D eigenvalue weighted by Gasteiger charge is 2.34. The van der Waals surface area contributed by atoms with Crippen molar-refractivity contribution < 1.29 is 27.9 Å². The molecule has 0 saturated carbocycles. The number of nitrogens with zero attached hydrogens (tertiary/aromatic N) is 1. The number of hydrogen-bond acceptors (Lipinski definition) is 5. The van der Waals surface area contributed by atoms with Crippen molar-refractivity contribution in [3.05, 3.63) is 81.5 Å². The van der Waals surface area contributed by atoms with Crippen LogP contribution in [0.15, 0.2) is 64.4 Å². The molecule has 0 atom stereocenters. The van der Waals surface area contributed by atoms with Gasteiger partial charge in [-0.3, -0.25) is 4.79 Å². The van der Waals surface area contributed by atoms with Gasteiger partial charge in [0.25, 0.3) is 0 Å². The maximum absolute atomic E-state index is 13.6. The van der Waals surface area contributed by atoms with Crippen LogP contribution in [-0.2, 0) is 29.0 Å². The van der Waals surface area contributed by atoms with Crippen molar-refractivity contribution in [1.29, 1.82) is 0 Å². The van der Waals surface area contributed by atoms with Gasteiger partial charge in [-0.05, 0) is 57.6 Å². The standard InChI is InChI=1S/C24H23F3N2O3S/c1-16(19-5-2-17(3-6-19)13-28-10-8-23(30)31)29-32-14-18-4-7-21(20-9-11-33-15-20)22(12-18)24(25,26)27/h2-7,9,11-12,15,28H,8,10,13-14H2,1H3,(H,30,31)/b29-16+. The van der Waals surface area contributed by atoms with Crippen LogP contribution >= 0.6 is 11.3 Å². The number of halogens is 3. The lowest BCUT2D eigenvalue weighted by Crippen LogP contribution is -2.17. The second-order valence-corrected chi connectivity index (χ2v) is 8.14. The third kappa shape index (κ3) is 7.16. The quantitative estimate of drug-likeness (QED) is 0.216. The second kappa shape index (κ2) is 11.1. The third-order valence-corrected chi connectivity index (χ3v) is 5.55. The normalized spacial score (nSPS) is 12.1. The van der Waals surface area contributed by atoms with Crippen LogP contribution in [0.25, 0.3) is 11.1 Å². The number of nitrogens with one attached hydrogen (secondary N) is 1. The van der Waals surface area contributed by atoms with E-state index >= 15 is 0 Å². The van der Waals surface area contributed by atoms with Gasteiger partial charge in [0.05, 0.1) is 17.7 Å². The monoisotopic (exact) mass is 476 g/mol. The lowest BCUT2D eigenvalue weighted by Gasteiger charge is -2.14. The first-order valence-electron chi connectivity index (χ1n) is 10.1. The number of hydrogen-bond donors (Lipinski definition) is 2. The molecule has 0 spiro atoms. The first-order valence-corrected chi connectivity index (χ1v) is 11.1. The Balaban J connectivity index is 1.60.